The zero-order chi connectivity index (χ0) is 16.5. The molecule has 0 fully saturated rings. The van der Waals surface area contributed by atoms with Gasteiger partial charge in [-0.3, -0.25) is 9.80 Å². The van der Waals surface area contributed by atoms with E-state index in [0.717, 1.165) is 22.6 Å². The van der Waals surface area contributed by atoms with Crippen molar-refractivity contribution in [3.63, 3.8) is 0 Å². The molecule has 1 amide bonds. The largest absolute Gasteiger partial charge is 0.360 e. The summed E-state index contributed by atoms with van der Waals surface area (Å²) in [7, 11) is 0. The highest BCUT2D eigenvalue weighted by molar-refractivity contribution is 8.13. The van der Waals surface area contributed by atoms with Crippen LogP contribution in [-0.2, 0) is 4.79 Å². The minimum absolute atomic E-state index is 0.0316. The standard InChI is InChI=1S/C18H18N4OS/c1-2-24-18-20-17(23)15-13-10-6-7-11-14(13)19-16(22(15)21-18)12-8-4-3-5-9-12/h3-11,15-16,19H,2H2,1H3,(H,20,21,23)/t15-,16-/m1/s1. The van der Waals surface area contributed by atoms with Crippen molar-refractivity contribution in [2.45, 2.75) is 19.1 Å². The van der Waals surface area contributed by atoms with Crippen LogP contribution in [0.5, 0.6) is 0 Å². The topological polar surface area (TPSA) is 56.7 Å². The van der Waals surface area contributed by atoms with E-state index in [-0.39, 0.29) is 12.1 Å². The summed E-state index contributed by atoms with van der Waals surface area (Å²) in [6.45, 7) is 2.05. The smallest absolute Gasteiger partial charge is 0.255 e. The van der Waals surface area contributed by atoms with Gasteiger partial charge in [-0.05, 0) is 17.4 Å². The molecule has 4 rings (SSSR count). The molecule has 6 heteroatoms. The van der Waals surface area contributed by atoms with Crippen LogP contribution in [0.1, 0.15) is 30.3 Å². The van der Waals surface area contributed by atoms with Gasteiger partial charge in [-0.1, -0.05) is 67.2 Å². The number of benzene rings is 2. The Bertz CT molecular complexity index is 793. The molecule has 2 atom stereocenters. The molecular formula is C18H18N4OS. The number of amides is 1. The van der Waals surface area contributed by atoms with Gasteiger partial charge in [0.25, 0.3) is 5.91 Å². The molecule has 0 unspecified atom stereocenters. The Hall–Kier alpha value is -2.47. The number of thioether (sulfide) groups is 1. The number of nitrogens with one attached hydrogen (secondary N) is 2. The second kappa shape index (κ2) is 6.20. The minimum Gasteiger partial charge on any atom is -0.360 e. The molecule has 2 heterocycles. The van der Waals surface area contributed by atoms with Crippen molar-refractivity contribution in [3.05, 3.63) is 65.7 Å². The molecule has 5 nitrogen and oxygen atoms in total. The van der Waals surface area contributed by atoms with Gasteiger partial charge in [-0.2, -0.15) is 0 Å². The average molecular weight is 338 g/mol. The lowest BCUT2D eigenvalue weighted by Gasteiger charge is -2.43. The zero-order valence-electron chi connectivity index (χ0n) is 13.3. The molecule has 0 bridgehead atoms. The summed E-state index contributed by atoms with van der Waals surface area (Å²) in [5.74, 6) is 0.827. The van der Waals surface area contributed by atoms with Gasteiger partial charge in [-0.25, -0.2) is 0 Å². The Morgan fingerprint density at radius 3 is 2.67 bits per heavy atom. The maximum Gasteiger partial charge on any atom is 0.255 e. The van der Waals surface area contributed by atoms with Crippen LogP contribution in [-0.4, -0.2) is 21.8 Å². The molecular weight excluding hydrogens is 320 g/mol. The van der Waals surface area contributed by atoms with Crippen LogP contribution in [0, 0.1) is 0 Å². The number of carbonyl (C=O) groups excluding carboxylic acids is 1. The van der Waals surface area contributed by atoms with Crippen molar-refractivity contribution in [2.24, 2.45) is 5.10 Å². The van der Waals surface area contributed by atoms with Gasteiger partial charge in [0.2, 0.25) is 0 Å². The number of para-hydroxylation sites is 1. The van der Waals surface area contributed by atoms with Crippen LogP contribution in [0.15, 0.2) is 59.7 Å². The second-order valence-electron chi connectivity index (χ2n) is 5.65. The van der Waals surface area contributed by atoms with Crippen molar-refractivity contribution in [1.82, 2.24) is 10.3 Å². The number of rotatable bonds is 2. The van der Waals surface area contributed by atoms with Crippen molar-refractivity contribution >= 4 is 28.5 Å². The van der Waals surface area contributed by atoms with Gasteiger partial charge >= 0.3 is 0 Å². The Morgan fingerprint density at radius 1 is 1.12 bits per heavy atom. The number of anilines is 1. The van der Waals surface area contributed by atoms with Crippen molar-refractivity contribution < 1.29 is 4.79 Å². The average Bonchev–Trinajstić information content (AvgIpc) is 2.62. The molecule has 0 spiro atoms. The molecule has 24 heavy (non-hydrogen) atoms. The first-order chi connectivity index (χ1) is 11.8. The third kappa shape index (κ3) is 2.53. The number of hydrogen-bond acceptors (Lipinski definition) is 5. The summed E-state index contributed by atoms with van der Waals surface area (Å²) in [4.78, 5) is 12.8. The number of fused-ring (bicyclic) bond motifs is 3. The maximum absolute atomic E-state index is 12.8. The van der Waals surface area contributed by atoms with E-state index in [1.165, 1.54) is 11.8 Å². The lowest BCUT2D eigenvalue weighted by Crippen LogP contribution is -2.50. The fourth-order valence-electron chi connectivity index (χ4n) is 3.13. The summed E-state index contributed by atoms with van der Waals surface area (Å²) in [5.41, 5.74) is 3.01. The third-order valence-corrected chi connectivity index (χ3v) is 4.90. The van der Waals surface area contributed by atoms with E-state index in [1.54, 1.807) is 0 Å². The number of hydrogen-bond donors (Lipinski definition) is 2. The van der Waals surface area contributed by atoms with E-state index < -0.39 is 6.04 Å². The van der Waals surface area contributed by atoms with E-state index in [0.29, 0.717) is 5.17 Å². The maximum atomic E-state index is 12.8. The molecule has 0 aromatic heterocycles. The summed E-state index contributed by atoms with van der Waals surface area (Å²) >= 11 is 1.54. The van der Waals surface area contributed by atoms with Crippen LogP contribution in [0.25, 0.3) is 0 Å². The number of amidine groups is 1. The summed E-state index contributed by atoms with van der Waals surface area (Å²) in [6.07, 6.45) is -0.176. The van der Waals surface area contributed by atoms with Crippen molar-refractivity contribution in [2.75, 3.05) is 11.1 Å². The molecule has 0 radical (unpaired) electrons. The predicted octanol–water partition coefficient (Wildman–Crippen LogP) is 3.31. The Labute approximate surface area is 145 Å². The van der Waals surface area contributed by atoms with E-state index in [9.17, 15) is 4.79 Å². The lowest BCUT2D eigenvalue weighted by atomic mass is 9.97. The first-order valence-electron chi connectivity index (χ1n) is 7.99. The molecule has 0 saturated carbocycles. The Kier molecular flexibility index (Phi) is 3.90. The van der Waals surface area contributed by atoms with Gasteiger partial charge < -0.3 is 10.6 Å². The summed E-state index contributed by atoms with van der Waals surface area (Å²) in [6, 6.07) is 17.6. The summed E-state index contributed by atoms with van der Waals surface area (Å²) < 4.78 is 0. The van der Waals surface area contributed by atoms with E-state index in [2.05, 4.69) is 22.8 Å². The fraction of sp³-hybridized carbons (Fsp3) is 0.222. The minimum atomic E-state index is -0.422. The second-order valence-corrected chi connectivity index (χ2v) is 6.91. The first-order valence-corrected chi connectivity index (χ1v) is 8.97. The number of hydrazone groups is 1. The van der Waals surface area contributed by atoms with Crippen LogP contribution in [0.4, 0.5) is 5.69 Å². The highest BCUT2D eigenvalue weighted by Gasteiger charge is 2.41. The quantitative estimate of drug-likeness (QED) is 0.882. The van der Waals surface area contributed by atoms with Crippen LogP contribution in [0.3, 0.4) is 0 Å². The third-order valence-electron chi connectivity index (χ3n) is 4.16. The summed E-state index contributed by atoms with van der Waals surface area (Å²) in [5, 5.41) is 13.7. The Balaban J connectivity index is 1.83. The van der Waals surface area contributed by atoms with Gasteiger partial charge in [0.1, 0.15) is 6.17 Å². The molecule has 0 aliphatic carbocycles. The lowest BCUT2D eigenvalue weighted by molar-refractivity contribution is -0.127. The van der Waals surface area contributed by atoms with Crippen molar-refractivity contribution in [3.8, 4) is 0 Å². The fourth-order valence-corrected chi connectivity index (χ4v) is 3.72. The Morgan fingerprint density at radius 2 is 1.88 bits per heavy atom. The molecule has 122 valence electrons. The van der Waals surface area contributed by atoms with Crippen LogP contribution >= 0.6 is 11.8 Å². The molecule has 2 aliphatic rings. The highest BCUT2D eigenvalue weighted by Crippen LogP contribution is 2.42. The van der Waals surface area contributed by atoms with E-state index >= 15 is 0 Å². The predicted molar refractivity (Wildman–Crippen MR) is 97.5 cm³/mol. The van der Waals surface area contributed by atoms with Gasteiger partial charge in [-0.15, -0.1) is 5.10 Å². The number of carbonyl (C=O) groups is 1. The normalized spacial score (nSPS) is 22.0. The SMILES string of the molecule is CCSC1=NN2[C@H](c3ccccc3)Nc3ccccc3[C@@H]2C(=O)N1. The van der Waals surface area contributed by atoms with Gasteiger partial charge in [0.15, 0.2) is 11.2 Å². The van der Waals surface area contributed by atoms with Crippen LogP contribution in [0.2, 0.25) is 0 Å². The monoisotopic (exact) mass is 338 g/mol. The molecule has 0 saturated heterocycles. The van der Waals surface area contributed by atoms with Gasteiger partial charge in [0.05, 0.1) is 0 Å². The first kappa shape index (κ1) is 15.1. The zero-order valence-corrected chi connectivity index (χ0v) is 14.1. The van der Waals surface area contributed by atoms with Crippen LogP contribution < -0.4 is 10.6 Å². The molecule has 2 aromatic rings. The molecule has 2 aromatic carbocycles. The number of nitrogens with zero attached hydrogens (tertiary/aromatic N) is 2. The van der Waals surface area contributed by atoms with Crippen molar-refractivity contribution in [1.29, 1.82) is 0 Å². The highest BCUT2D eigenvalue weighted by atomic mass is 32.2. The van der Waals surface area contributed by atoms with E-state index in [1.807, 2.05) is 54.4 Å². The molecule has 2 N–H and O–H groups in total. The van der Waals surface area contributed by atoms with E-state index in [4.69, 9.17) is 5.10 Å². The molecule has 2 aliphatic heterocycles. The van der Waals surface area contributed by atoms with Gasteiger partial charge in [0, 0.05) is 11.3 Å².